The van der Waals surface area contributed by atoms with Crippen molar-refractivity contribution in [3.8, 4) is 0 Å². The molecule has 0 bridgehead atoms. The van der Waals surface area contributed by atoms with Gasteiger partial charge in [-0.15, -0.1) is 0 Å². The Kier molecular flexibility index (Phi) is 4.10. The van der Waals surface area contributed by atoms with Crippen LogP contribution in [0.4, 0.5) is 10.5 Å². The fourth-order valence-electron chi connectivity index (χ4n) is 3.63. The van der Waals surface area contributed by atoms with E-state index in [2.05, 4.69) is 33.8 Å². The van der Waals surface area contributed by atoms with E-state index < -0.39 is 0 Å². The maximum Gasteiger partial charge on any atom is 0.319 e. The molecule has 3 aromatic rings. The summed E-state index contributed by atoms with van der Waals surface area (Å²) in [6.07, 6.45) is 3.16. The van der Waals surface area contributed by atoms with Gasteiger partial charge in [0.1, 0.15) is 0 Å². The van der Waals surface area contributed by atoms with E-state index in [9.17, 15) is 4.79 Å². The van der Waals surface area contributed by atoms with E-state index in [-0.39, 0.29) is 12.1 Å². The molecule has 4 nitrogen and oxygen atoms in total. The Morgan fingerprint density at radius 3 is 2.84 bits per heavy atom. The summed E-state index contributed by atoms with van der Waals surface area (Å²) < 4.78 is 0. The molecule has 0 saturated heterocycles. The highest BCUT2D eigenvalue weighted by molar-refractivity contribution is 6.00. The van der Waals surface area contributed by atoms with Crippen LogP contribution in [0, 0.1) is 6.92 Å². The first-order valence-corrected chi connectivity index (χ1v) is 8.72. The smallest absolute Gasteiger partial charge is 0.319 e. The first-order chi connectivity index (χ1) is 12.2. The molecule has 1 unspecified atom stereocenters. The highest BCUT2D eigenvalue weighted by atomic mass is 16.2. The van der Waals surface area contributed by atoms with Gasteiger partial charge in [-0.1, -0.05) is 42.5 Å². The molecule has 4 rings (SSSR count). The maximum absolute atomic E-state index is 12.6. The number of hydrogen-bond donors (Lipinski definition) is 2. The maximum atomic E-state index is 12.6. The minimum atomic E-state index is -0.169. The topological polar surface area (TPSA) is 54.0 Å². The molecule has 0 saturated carbocycles. The van der Waals surface area contributed by atoms with Crippen LogP contribution in [0.1, 0.15) is 35.7 Å². The van der Waals surface area contributed by atoms with E-state index in [0.717, 1.165) is 41.5 Å². The van der Waals surface area contributed by atoms with E-state index in [1.165, 1.54) is 11.1 Å². The summed E-state index contributed by atoms with van der Waals surface area (Å²) >= 11 is 0. The number of rotatable bonds is 2. The lowest BCUT2D eigenvalue weighted by molar-refractivity contribution is 0.247. The van der Waals surface area contributed by atoms with Crippen molar-refractivity contribution < 1.29 is 4.79 Å². The molecular formula is C21H21N3O. The van der Waals surface area contributed by atoms with Crippen LogP contribution in [0.25, 0.3) is 10.9 Å². The molecule has 0 radical (unpaired) electrons. The Morgan fingerprint density at radius 2 is 1.92 bits per heavy atom. The number of amides is 2. The predicted octanol–water partition coefficient (Wildman–Crippen LogP) is 4.74. The number of nitrogens with one attached hydrogen (secondary N) is 2. The zero-order valence-corrected chi connectivity index (χ0v) is 14.3. The number of aryl methyl sites for hydroxylation is 2. The van der Waals surface area contributed by atoms with Gasteiger partial charge in [0.2, 0.25) is 0 Å². The quantitative estimate of drug-likeness (QED) is 0.712. The average Bonchev–Trinajstić information content (AvgIpc) is 2.62. The van der Waals surface area contributed by atoms with Crippen molar-refractivity contribution in [3.63, 3.8) is 0 Å². The number of anilines is 1. The van der Waals surface area contributed by atoms with Crippen molar-refractivity contribution in [1.29, 1.82) is 0 Å². The number of pyridine rings is 1. The van der Waals surface area contributed by atoms with E-state index >= 15 is 0 Å². The van der Waals surface area contributed by atoms with E-state index in [4.69, 9.17) is 0 Å². The summed E-state index contributed by atoms with van der Waals surface area (Å²) in [7, 11) is 0. The third-order valence-corrected chi connectivity index (χ3v) is 4.77. The normalized spacial score (nSPS) is 16.3. The Balaban J connectivity index is 1.56. The van der Waals surface area contributed by atoms with Crippen molar-refractivity contribution in [2.45, 2.75) is 32.2 Å². The van der Waals surface area contributed by atoms with E-state index in [1.807, 2.05) is 43.3 Å². The van der Waals surface area contributed by atoms with Crippen LogP contribution in [0.2, 0.25) is 0 Å². The van der Waals surface area contributed by atoms with Crippen LogP contribution in [0.5, 0.6) is 0 Å². The van der Waals surface area contributed by atoms with Crippen molar-refractivity contribution >= 4 is 22.6 Å². The van der Waals surface area contributed by atoms with Gasteiger partial charge in [0.25, 0.3) is 0 Å². The summed E-state index contributed by atoms with van der Waals surface area (Å²) in [6, 6.07) is 18.0. The second kappa shape index (κ2) is 6.55. The van der Waals surface area contributed by atoms with Crippen molar-refractivity contribution in [3.05, 3.63) is 71.4 Å². The monoisotopic (exact) mass is 331 g/mol. The predicted molar refractivity (Wildman–Crippen MR) is 101 cm³/mol. The molecule has 0 aliphatic heterocycles. The second-order valence-electron chi connectivity index (χ2n) is 6.57. The molecule has 4 heteroatoms. The van der Waals surface area contributed by atoms with E-state index in [1.54, 1.807) is 0 Å². The van der Waals surface area contributed by atoms with Crippen LogP contribution in [0.15, 0.2) is 54.6 Å². The van der Waals surface area contributed by atoms with E-state index in [0.29, 0.717) is 0 Å². The zero-order chi connectivity index (χ0) is 17.2. The standard InChI is InChI=1S/C21H21N3O/c1-14-13-20(17-10-4-5-11-19(17)22-14)24-21(25)23-18-12-6-8-15-7-2-3-9-16(15)18/h2-5,7,9-11,13,18H,6,8,12H2,1H3,(H2,22,23,24,25). The summed E-state index contributed by atoms with van der Waals surface area (Å²) in [4.78, 5) is 17.1. The molecule has 0 fully saturated rings. The van der Waals surface area contributed by atoms with Crippen LogP contribution in [0.3, 0.4) is 0 Å². The molecule has 2 amide bonds. The third-order valence-electron chi connectivity index (χ3n) is 4.77. The summed E-state index contributed by atoms with van der Waals surface area (Å²) in [5, 5.41) is 7.10. The number of carbonyl (C=O) groups is 1. The fraction of sp³-hybridized carbons (Fsp3) is 0.238. The molecule has 1 aromatic heterocycles. The second-order valence-corrected chi connectivity index (χ2v) is 6.57. The summed E-state index contributed by atoms with van der Waals surface area (Å²) in [6.45, 7) is 1.94. The van der Waals surface area contributed by atoms with Crippen LogP contribution >= 0.6 is 0 Å². The summed E-state index contributed by atoms with van der Waals surface area (Å²) in [5.74, 6) is 0. The average molecular weight is 331 g/mol. The molecule has 1 atom stereocenters. The third kappa shape index (κ3) is 3.20. The molecular weight excluding hydrogens is 310 g/mol. The molecule has 25 heavy (non-hydrogen) atoms. The molecule has 1 aliphatic rings. The largest absolute Gasteiger partial charge is 0.331 e. The molecule has 1 aliphatic carbocycles. The van der Waals surface area contributed by atoms with Gasteiger partial charge in [0.05, 0.1) is 17.2 Å². The number of fused-ring (bicyclic) bond motifs is 2. The highest BCUT2D eigenvalue weighted by Crippen LogP contribution is 2.29. The minimum Gasteiger partial charge on any atom is -0.331 e. The van der Waals surface area contributed by atoms with Gasteiger partial charge >= 0.3 is 6.03 Å². The fourth-order valence-corrected chi connectivity index (χ4v) is 3.63. The number of nitrogens with zero attached hydrogens (tertiary/aromatic N) is 1. The van der Waals surface area contributed by atoms with Crippen molar-refractivity contribution in [2.75, 3.05) is 5.32 Å². The van der Waals surface area contributed by atoms with Gasteiger partial charge in [-0.05, 0) is 49.4 Å². The SMILES string of the molecule is Cc1cc(NC(=O)NC2CCCc3ccccc32)c2ccccc2n1. The van der Waals surface area contributed by atoms with Crippen molar-refractivity contribution in [1.82, 2.24) is 10.3 Å². The van der Waals surface area contributed by atoms with Crippen LogP contribution < -0.4 is 10.6 Å². The van der Waals surface area contributed by atoms with Gasteiger partial charge in [-0.25, -0.2) is 4.79 Å². The minimum absolute atomic E-state index is 0.0687. The van der Waals surface area contributed by atoms with Crippen LogP contribution in [-0.2, 0) is 6.42 Å². The lowest BCUT2D eigenvalue weighted by Crippen LogP contribution is -2.34. The first kappa shape index (κ1) is 15.6. The lowest BCUT2D eigenvalue weighted by Gasteiger charge is -2.26. The highest BCUT2D eigenvalue weighted by Gasteiger charge is 2.21. The van der Waals surface area contributed by atoms with Gasteiger partial charge in [0, 0.05) is 11.1 Å². The summed E-state index contributed by atoms with van der Waals surface area (Å²) in [5.41, 5.74) is 5.14. The van der Waals surface area contributed by atoms with Gasteiger partial charge < -0.3 is 10.6 Å². The van der Waals surface area contributed by atoms with Gasteiger partial charge in [-0.3, -0.25) is 4.98 Å². The molecule has 0 spiro atoms. The number of aromatic nitrogens is 1. The molecule has 126 valence electrons. The Morgan fingerprint density at radius 1 is 1.12 bits per heavy atom. The zero-order valence-electron chi connectivity index (χ0n) is 14.3. The number of urea groups is 1. The number of hydrogen-bond acceptors (Lipinski definition) is 2. The number of benzene rings is 2. The van der Waals surface area contributed by atoms with Crippen molar-refractivity contribution in [2.24, 2.45) is 0 Å². The Hall–Kier alpha value is -2.88. The van der Waals surface area contributed by atoms with Gasteiger partial charge in [-0.2, -0.15) is 0 Å². The van der Waals surface area contributed by atoms with Gasteiger partial charge in [0.15, 0.2) is 0 Å². The Bertz CT molecular complexity index is 935. The molecule has 2 N–H and O–H groups in total. The molecule has 1 heterocycles. The molecule has 2 aromatic carbocycles. The lowest BCUT2D eigenvalue weighted by atomic mass is 9.88. The van der Waals surface area contributed by atoms with Crippen LogP contribution in [-0.4, -0.2) is 11.0 Å². The number of carbonyl (C=O) groups excluding carboxylic acids is 1. The Labute approximate surface area is 147 Å². The first-order valence-electron chi connectivity index (χ1n) is 8.72. The number of para-hydroxylation sites is 1.